The van der Waals surface area contributed by atoms with Crippen LogP contribution in [-0.2, 0) is 0 Å². The van der Waals surface area contributed by atoms with Gasteiger partial charge in [-0.05, 0) is 62.2 Å². The minimum atomic E-state index is 0.407. The summed E-state index contributed by atoms with van der Waals surface area (Å²) in [6.07, 6.45) is 1.08. The summed E-state index contributed by atoms with van der Waals surface area (Å²) in [5, 5.41) is 3.31. The molecule has 1 N–H and O–H groups in total. The molecular formula is C18H23NO. The van der Waals surface area contributed by atoms with Gasteiger partial charge in [0.25, 0.3) is 0 Å². The second kappa shape index (κ2) is 6.58. The third kappa shape index (κ3) is 3.40. The van der Waals surface area contributed by atoms with Gasteiger partial charge in [-0.1, -0.05) is 31.2 Å². The van der Waals surface area contributed by atoms with E-state index in [1.54, 1.807) is 0 Å². The maximum atomic E-state index is 5.97. The fourth-order valence-electron chi connectivity index (χ4n) is 2.32. The number of hydrogen-bond donors (Lipinski definition) is 1. The molecule has 0 aromatic heterocycles. The van der Waals surface area contributed by atoms with Crippen LogP contribution in [0, 0.1) is 13.8 Å². The SMILES string of the molecule is CCC(NC)c1ccc(Oc2cc(C)ccc2C)cc1. The first-order chi connectivity index (χ1) is 9.63. The molecule has 1 unspecified atom stereocenters. The van der Waals surface area contributed by atoms with E-state index in [1.807, 2.05) is 19.2 Å². The molecule has 0 aliphatic rings. The molecule has 0 aliphatic heterocycles. The fourth-order valence-corrected chi connectivity index (χ4v) is 2.32. The van der Waals surface area contributed by atoms with Crippen LogP contribution in [0.15, 0.2) is 42.5 Å². The van der Waals surface area contributed by atoms with Gasteiger partial charge in [-0.2, -0.15) is 0 Å². The Morgan fingerprint density at radius 1 is 1.05 bits per heavy atom. The lowest BCUT2D eigenvalue weighted by molar-refractivity contribution is 0.477. The van der Waals surface area contributed by atoms with Crippen LogP contribution in [0.3, 0.4) is 0 Å². The van der Waals surface area contributed by atoms with E-state index < -0.39 is 0 Å². The van der Waals surface area contributed by atoms with E-state index in [4.69, 9.17) is 4.74 Å². The van der Waals surface area contributed by atoms with Gasteiger partial charge in [-0.3, -0.25) is 0 Å². The first kappa shape index (κ1) is 14.6. The van der Waals surface area contributed by atoms with Crippen molar-refractivity contribution in [2.24, 2.45) is 0 Å². The molecule has 0 radical (unpaired) electrons. The number of nitrogens with one attached hydrogen (secondary N) is 1. The lowest BCUT2D eigenvalue weighted by atomic mass is 10.0. The number of hydrogen-bond acceptors (Lipinski definition) is 2. The summed E-state index contributed by atoms with van der Waals surface area (Å²) < 4.78 is 5.97. The number of rotatable bonds is 5. The normalized spacial score (nSPS) is 12.2. The highest BCUT2D eigenvalue weighted by Crippen LogP contribution is 2.27. The number of benzene rings is 2. The highest BCUT2D eigenvalue weighted by Gasteiger charge is 2.07. The Balaban J connectivity index is 2.16. The molecule has 0 spiro atoms. The van der Waals surface area contributed by atoms with Crippen molar-refractivity contribution in [2.45, 2.75) is 33.2 Å². The first-order valence-electron chi connectivity index (χ1n) is 7.16. The second-order valence-electron chi connectivity index (χ2n) is 5.19. The predicted octanol–water partition coefficient (Wildman–Crippen LogP) is 4.77. The standard InChI is InChI=1S/C18H23NO/c1-5-17(19-4)15-8-10-16(11-9-15)20-18-12-13(2)6-7-14(18)3/h6-12,17,19H,5H2,1-4H3. The summed E-state index contributed by atoms with van der Waals surface area (Å²) in [5.74, 6) is 1.81. The van der Waals surface area contributed by atoms with Gasteiger partial charge in [0.2, 0.25) is 0 Å². The third-order valence-electron chi connectivity index (χ3n) is 3.61. The van der Waals surface area contributed by atoms with Crippen LogP contribution in [0.5, 0.6) is 11.5 Å². The van der Waals surface area contributed by atoms with Crippen molar-refractivity contribution < 1.29 is 4.74 Å². The zero-order chi connectivity index (χ0) is 14.5. The molecule has 106 valence electrons. The molecule has 0 aliphatic carbocycles. The van der Waals surface area contributed by atoms with E-state index in [0.29, 0.717) is 6.04 Å². The van der Waals surface area contributed by atoms with Crippen LogP contribution >= 0.6 is 0 Å². The lowest BCUT2D eigenvalue weighted by Gasteiger charge is -2.15. The Hall–Kier alpha value is -1.80. The maximum absolute atomic E-state index is 5.97. The van der Waals surface area contributed by atoms with Crippen molar-refractivity contribution in [3.8, 4) is 11.5 Å². The molecule has 0 bridgehead atoms. The Bertz CT molecular complexity index is 556. The number of ether oxygens (including phenoxy) is 1. The van der Waals surface area contributed by atoms with Crippen LogP contribution in [-0.4, -0.2) is 7.05 Å². The average molecular weight is 269 g/mol. The predicted molar refractivity (Wildman–Crippen MR) is 84.5 cm³/mol. The van der Waals surface area contributed by atoms with Crippen LogP contribution in [0.4, 0.5) is 0 Å². The van der Waals surface area contributed by atoms with E-state index in [0.717, 1.165) is 23.5 Å². The molecule has 2 rings (SSSR count). The largest absolute Gasteiger partial charge is 0.457 e. The molecule has 2 aromatic rings. The summed E-state index contributed by atoms with van der Waals surface area (Å²) in [6.45, 7) is 6.33. The van der Waals surface area contributed by atoms with Gasteiger partial charge in [0.1, 0.15) is 11.5 Å². The summed E-state index contributed by atoms with van der Waals surface area (Å²) >= 11 is 0. The van der Waals surface area contributed by atoms with Crippen LogP contribution in [0.2, 0.25) is 0 Å². The van der Waals surface area contributed by atoms with Gasteiger partial charge in [0, 0.05) is 6.04 Å². The second-order valence-corrected chi connectivity index (χ2v) is 5.19. The zero-order valence-electron chi connectivity index (χ0n) is 12.7. The summed E-state index contributed by atoms with van der Waals surface area (Å²) in [6, 6.07) is 15.0. The van der Waals surface area contributed by atoms with Crippen molar-refractivity contribution in [1.29, 1.82) is 0 Å². The van der Waals surface area contributed by atoms with E-state index in [1.165, 1.54) is 11.1 Å². The third-order valence-corrected chi connectivity index (χ3v) is 3.61. The molecule has 0 heterocycles. The number of aryl methyl sites for hydroxylation is 2. The van der Waals surface area contributed by atoms with Gasteiger partial charge in [0.05, 0.1) is 0 Å². The van der Waals surface area contributed by atoms with E-state index in [-0.39, 0.29) is 0 Å². The molecule has 2 heteroatoms. The van der Waals surface area contributed by atoms with Gasteiger partial charge in [0.15, 0.2) is 0 Å². The van der Waals surface area contributed by atoms with Gasteiger partial charge in [-0.25, -0.2) is 0 Å². The molecule has 0 saturated heterocycles. The molecule has 20 heavy (non-hydrogen) atoms. The minimum absolute atomic E-state index is 0.407. The van der Waals surface area contributed by atoms with Gasteiger partial charge < -0.3 is 10.1 Å². The maximum Gasteiger partial charge on any atom is 0.130 e. The van der Waals surface area contributed by atoms with E-state index in [2.05, 4.69) is 56.4 Å². The zero-order valence-corrected chi connectivity index (χ0v) is 12.7. The van der Waals surface area contributed by atoms with E-state index >= 15 is 0 Å². The van der Waals surface area contributed by atoms with Crippen molar-refractivity contribution in [3.63, 3.8) is 0 Å². The fraction of sp³-hybridized carbons (Fsp3) is 0.333. The van der Waals surface area contributed by atoms with Crippen LogP contribution in [0.25, 0.3) is 0 Å². The van der Waals surface area contributed by atoms with E-state index in [9.17, 15) is 0 Å². The topological polar surface area (TPSA) is 21.3 Å². The average Bonchev–Trinajstić information content (AvgIpc) is 2.46. The van der Waals surface area contributed by atoms with Crippen LogP contribution < -0.4 is 10.1 Å². The van der Waals surface area contributed by atoms with Crippen LogP contribution in [0.1, 0.15) is 36.1 Å². The minimum Gasteiger partial charge on any atom is -0.457 e. The van der Waals surface area contributed by atoms with Gasteiger partial charge in [-0.15, -0.1) is 0 Å². The van der Waals surface area contributed by atoms with Crippen molar-refractivity contribution in [1.82, 2.24) is 5.32 Å². The Morgan fingerprint density at radius 2 is 1.75 bits per heavy atom. The van der Waals surface area contributed by atoms with Crippen molar-refractivity contribution in [3.05, 3.63) is 59.2 Å². The lowest BCUT2D eigenvalue weighted by Crippen LogP contribution is -2.14. The van der Waals surface area contributed by atoms with Gasteiger partial charge >= 0.3 is 0 Å². The Labute approximate surface area is 121 Å². The highest BCUT2D eigenvalue weighted by atomic mass is 16.5. The molecule has 1 atom stereocenters. The molecule has 0 saturated carbocycles. The Morgan fingerprint density at radius 3 is 2.35 bits per heavy atom. The van der Waals surface area contributed by atoms with Crippen molar-refractivity contribution >= 4 is 0 Å². The smallest absolute Gasteiger partial charge is 0.130 e. The molecule has 0 fully saturated rings. The molecular weight excluding hydrogens is 246 g/mol. The molecule has 2 nitrogen and oxygen atoms in total. The Kier molecular flexibility index (Phi) is 4.80. The highest BCUT2D eigenvalue weighted by molar-refractivity contribution is 5.40. The summed E-state index contributed by atoms with van der Waals surface area (Å²) in [5.41, 5.74) is 3.66. The quantitative estimate of drug-likeness (QED) is 0.844. The van der Waals surface area contributed by atoms with Crippen molar-refractivity contribution in [2.75, 3.05) is 7.05 Å². The summed E-state index contributed by atoms with van der Waals surface area (Å²) in [7, 11) is 1.99. The summed E-state index contributed by atoms with van der Waals surface area (Å²) in [4.78, 5) is 0. The monoisotopic (exact) mass is 269 g/mol. The first-order valence-corrected chi connectivity index (χ1v) is 7.16. The molecule has 0 amide bonds. The molecule has 2 aromatic carbocycles.